The summed E-state index contributed by atoms with van der Waals surface area (Å²) >= 11 is 0. The van der Waals surface area contributed by atoms with Crippen LogP contribution in [-0.4, -0.2) is 36.3 Å². The highest BCUT2D eigenvalue weighted by molar-refractivity contribution is 5.92. The van der Waals surface area contributed by atoms with Gasteiger partial charge in [-0.25, -0.2) is 0 Å². The number of likely N-dealkylation sites (N-methyl/N-ethyl adjacent to an activating group) is 1. The highest BCUT2D eigenvalue weighted by atomic mass is 16.5. The second kappa shape index (κ2) is 7.09. The molecule has 1 aromatic heterocycles. The van der Waals surface area contributed by atoms with Crippen molar-refractivity contribution in [1.29, 1.82) is 5.26 Å². The Morgan fingerprint density at radius 2 is 2.20 bits per heavy atom. The number of hydrogen-bond donors (Lipinski definition) is 1. The van der Waals surface area contributed by atoms with Gasteiger partial charge in [0.2, 0.25) is 5.91 Å². The van der Waals surface area contributed by atoms with E-state index in [0.29, 0.717) is 30.0 Å². The van der Waals surface area contributed by atoms with E-state index in [2.05, 4.69) is 11.4 Å². The molecule has 3 rings (SSSR count). The smallest absolute Gasteiger partial charge is 0.287 e. The molecular weight excluding hydrogens is 322 g/mol. The Bertz CT molecular complexity index is 837. The number of nitriles is 1. The van der Waals surface area contributed by atoms with Crippen molar-refractivity contribution < 1.29 is 18.7 Å². The van der Waals surface area contributed by atoms with Crippen molar-refractivity contribution in [3.63, 3.8) is 0 Å². The van der Waals surface area contributed by atoms with E-state index in [-0.39, 0.29) is 30.2 Å². The highest BCUT2D eigenvalue weighted by Crippen LogP contribution is 2.19. The van der Waals surface area contributed by atoms with Crippen LogP contribution in [0, 0.1) is 11.3 Å². The fourth-order valence-electron chi connectivity index (χ4n) is 2.63. The Hall–Kier alpha value is -3.27. The van der Waals surface area contributed by atoms with Gasteiger partial charge in [-0.05, 0) is 24.3 Å². The molecule has 2 aromatic rings. The van der Waals surface area contributed by atoms with Crippen molar-refractivity contribution in [3.8, 4) is 11.8 Å². The Morgan fingerprint density at radius 3 is 2.92 bits per heavy atom. The van der Waals surface area contributed by atoms with Crippen LogP contribution in [0.4, 0.5) is 0 Å². The van der Waals surface area contributed by atoms with E-state index < -0.39 is 0 Å². The van der Waals surface area contributed by atoms with Crippen LogP contribution in [0.25, 0.3) is 0 Å². The number of carbonyl (C=O) groups is 2. The Morgan fingerprint density at radius 1 is 1.40 bits per heavy atom. The molecule has 2 amide bonds. The Balaban J connectivity index is 1.58. The molecule has 1 aromatic carbocycles. The number of rotatable bonds is 5. The van der Waals surface area contributed by atoms with Crippen LogP contribution >= 0.6 is 0 Å². The fourth-order valence-corrected chi connectivity index (χ4v) is 2.63. The summed E-state index contributed by atoms with van der Waals surface area (Å²) in [6.07, 6.45) is 0.295. The van der Waals surface area contributed by atoms with E-state index >= 15 is 0 Å². The van der Waals surface area contributed by atoms with Gasteiger partial charge in [-0.1, -0.05) is 12.1 Å². The molecule has 1 aliphatic heterocycles. The molecule has 1 atom stereocenters. The van der Waals surface area contributed by atoms with E-state index in [0.717, 1.165) is 0 Å². The number of carbonyl (C=O) groups excluding carboxylic acids is 2. The average molecular weight is 339 g/mol. The zero-order valence-electron chi connectivity index (χ0n) is 13.7. The van der Waals surface area contributed by atoms with Crippen LogP contribution in [0.5, 0.6) is 5.75 Å². The molecule has 128 valence electrons. The van der Waals surface area contributed by atoms with E-state index in [4.69, 9.17) is 14.4 Å². The number of amides is 2. The lowest BCUT2D eigenvalue weighted by Gasteiger charge is -2.11. The second-order valence-electron chi connectivity index (χ2n) is 5.81. The molecule has 1 fully saturated rings. The van der Waals surface area contributed by atoms with Crippen molar-refractivity contribution in [3.05, 3.63) is 53.5 Å². The van der Waals surface area contributed by atoms with Gasteiger partial charge in [0.05, 0.1) is 11.6 Å². The van der Waals surface area contributed by atoms with Gasteiger partial charge in [-0.15, -0.1) is 0 Å². The molecule has 0 radical (unpaired) electrons. The molecule has 2 heterocycles. The van der Waals surface area contributed by atoms with Gasteiger partial charge >= 0.3 is 0 Å². The molecule has 1 aliphatic rings. The topological polar surface area (TPSA) is 95.6 Å². The van der Waals surface area contributed by atoms with Crippen LogP contribution in [-0.2, 0) is 11.4 Å². The molecule has 0 spiro atoms. The van der Waals surface area contributed by atoms with Crippen LogP contribution in [0.2, 0.25) is 0 Å². The van der Waals surface area contributed by atoms with Gasteiger partial charge in [0, 0.05) is 20.0 Å². The standard InChI is InChI=1S/C18H17N3O4/c1-21-10-13(8-17(21)22)20-18(23)16-7-6-14(25-16)11-24-15-5-3-2-4-12(15)9-19/h2-7,13H,8,10-11H2,1H3,(H,20,23)/t13-/m1/s1. The van der Waals surface area contributed by atoms with Crippen LogP contribution in [0.15, 0.2) is 40.8 Å². The summed E-state index contributed by atoms with van der Waals surface area (Å²) in [5.41, 5.74) is 0.432. The normalized spacial score (nSPS) is 16.6. The number of benzene rings is 1. The molecule has 7 heteroatoms. The first kappa shape index (κ1) is 16.6. The maximum atomic E-state index is 12.2. The average Bonchev–Trinajstić information content (AvgIpc) is 3.20. The lowest BCUT2D eigenvalue weighted by molar-refractivity contribution is -0.126. The van der Waals surface area contributed by atoms with E-state index in [1.54, 1.807) is 48.3 Å². The quantitative estimate of drug-likeness (QED) is 0.894. The third kappa shape index (κ3) is 3.80. The van der Waals surface area contributed by atoms with Gasteiger partial charge in [0.15, 0.2) is 5.76 Å². The number of furan rings is 1. The predicted molar refractivity (Wildman–Crippen MR) is 87.7 cm³/mol. The van der Waals surface area contributed by atoms with E-state index in [9.17, 15) is 9.59 Å². The van der Waals surface area contributed by atoms with Gasteiger partial charge < -0.3 is 19.4 Å². The first-order chi connectivity index (χ1) is 12.1. The van der Waals surface area contributed by atoms with Crippen molar-refractivity contribution in [2.24, 2.45) is 0 Å². The molecule has 1 saturated heterocycles. The number of para-hydroxylation sites is 1. The third-order valence-electron chi connectivity index (χ3n) is 3.94. The molecular formula is C18H17N3O4. The largest absolute Gasteiger partial charge is 0.484 e. The van der Waals surface area contributed by atoms with Crippen LogP contribution in [0.3, 0.4) is 0 Å². The minimum absolute atomic E-state index is 0.00925. The molecule has 0 aliphatic carbocycles. The van der Waals surface area contributed by atoms with Crippen molar-refractivity contribution in [1.82, 2.24) is 10.2 Å². The lowest BCUT2D eigenvalue weighted by Crippen LogP contribution is -2.36. The zero-order chi connectivity index (χ0) is 17.8. The highest BCUT2D eigenvalue weighted by Gasteiger charge is 2.28. The minimum Gasteiger partial charge on any atom is -0.484 e. The van der Waals surface area contributed by atoms with Crippen LogP contribution < -0.4 is 10.1 Å². The second-order valence-corrected chi connectivity index (χ2v) is 5.81. The van der Waals surface area contributed by atoms with Crippen molar-refractivity contribution in [2.75, 3.05) is 13.6 Å². The molecule has 7 nitrogen and oxygen atoms in total. The van der Waals surface area contributed by atoms with Gasteiger partial charge in [0.25, 0.3) is 5.91 Å². The first-order valence-electron chi connectivity index (χ1n) is 7.82. The Kier molecular flexibility index (Phi) is 4.70. The molecule has 25 heavy (non-hydrogen) atoms. The summed E-state index contributed by atoms with van der Waals surface area (Å²) < 4.78 is 11.1. The number of ether oxygens (including phenoxy) is 1. The van der Waals surface area contributed by atoms with Gasteiger partial charge in [-0.3, -0.25) is 9.59 Å². The minimum atomic E-state index is -0.364. The summed E-state index contributed by atoms with van der Waals surface area (Å²) in [6, 6.07) is 11.9. The van der Waals surface area contributed by atoms with Gasteiger partial charge in [0.1, 0.15) is 24.2 Å². The summed E-state index contributed by atoms with van der Waals surface area (Å²) in [5.74, 6) is 0.735. The monoisotopic (exact) mass is 339 g/mol. The molecule has 0 unspecified atom stereocenters. The summed E-state index contributed by atoms with van der Waals surface area (Å²) in [4.78, 5) is 25.3. The SMILES string of the molecule is CN1C[C@H](NC(=O)c2ccc(COc3ccccc3C#N)o2)CC1=O. The summed E-state index contributed by atoms with van der Waals surface area (Å²) in [7, 11) is 1.70. The third-order valence-corrected chi connectivity index (χ3v) is 3.94. The summed E-state index contributed by atoms with van der Waals surface area (Å²) in [6.45, 7) is 0.600. The summed E-state index contributed by atoms with van der Waals surface area (Å²) in [5, 5.41) is 11.8. The molecule has 0 saturated carbocycles. The molecule has 1 N–H and O–H groups in total. The first-order valence-corrected chi connectivity index (χ1v) is 7.82. The van der Waals surface area contributed by atoms with Gasteiger partial charge in [-0.2, -0.15) is 5.26 Å². The number of hydrogen-bond acceptors (Lipinski definition) is 5. The zero-order valence-corrected chi connectivity index (χ0v) is 13.7. The van der Waals surface area contributed by atoms with Crippen LogP contribution in [0.1, 0.15) is 28.3 Å². The number of likely N-dealkylation sites (tertiary alicyclic amines) is 1. The Labute approximate surface area is 144 Å². The number of nitrogens with zero attached hydrogens (tertiary/aromatic N) is 2. The lowest BCUT2D eigenvalue weighted by atomic mass is 10.2. The maximum absolute atomic E-state index is 12.2. The van der Waals surface area contributed by atoms with Crippen molar-refractivity contribution >= 4 is 11.8 Å². The van der Waals surface area contributed by atoms with Crippen molar-refractivity contribution in [2.45, 2.75) is 19.1 Å². The van der Waals surface area contributed by atoms with E-state index in [1.807, 2.05) is 0 Å². The van der Waals surface area contributed by atoms with E-state index in [1.165, 1.54) is 0 Å². The number of nitrogens with one attached hydrogen (secondary N) is 1. The fraction of sp³-hybridized carbons (Fsp3) is 0.278. The maximum Gasteiger partial charge on any atom is 0.287 e. The predicted octanol–water partition coefficient (Wildman–Crippen LogP) is 1.69. The molecule has 0 bridgehead atoms.